The first-order valence-electron chi connectivity index (χ1n) is 11.4. The van der Waals surface area contributed by atoms with Crippen molar-refractivity contribution >= 4 is 29.3 Å². The van der Waals surface area contributed by atoms with Crippen LogP contribution in [-0.4, -0.2) is 27.9 Å². The van der Waals surface area contributed by atoms with Gasteiger partial charge in [0.15, 0.2) is 0 Å². The molecule has 0 fully saturated rings. The van der Waals surface area contributed by atoms with Crippen LogP contribution < -0.4 is 5.32 Å². The van der Waals surface area contributed by atoms with Gasteiger partial charge in [-0.05, 0) is 53.6 Å². The molecular weight excluding hydrogens is 456 g/mol. The van der Waals surface area contributed by atoms with Crippen LogP contribution in [0.5, 0.6) is 5.75 Å². The molecule has 6 heteroatoms. The number of para-hydroxylation sites is 1. The zero-order valence-electron chi connectivity index (χ0n) is 18.9. The number of phenolic OH excluding ortho intramolecular Hbond substituents is 1. The lowest BCUT2D eigenvalue weighted by molar-refractivity contribution is -0.120. The molecule has 2 N–H and O–H groups in total. The standard InChI is InChI=1S/C29H24N2O3S/c32-22-14-16-23(17-15-22)35-27-13-7-4-10-21(27)19-31-26(18-20-8-2-1-3-9-20)28(33)30-25-12-6-5-11-24(25)29(31)34/h1-17,26,32H,18-19H2,(H,30,33). The van der Waals surface area contributed by atoms with Gasteiger partial charge in [0.25, 0.3) is 5.91 Å². The second-order valence-electron chi connectivity index (χ2n) is 8.38. The van der Waals surface area contributed by atoms with Gasteiger partial charge in [-0.3, -0.25) is 9.59 Å². The summed E-state index contributed by atoms with van der Waals surface area (Å²) < 4.78 is 0. The first-order chi connectivity index (χ1) is 17.1. The summed E-state index contributed by atoms with van der Waals surface area (Å²) in [6.45, 7) is 0.291. The molecule has 1 aliphatic heterocycles. The van der Waals surface area contributed by atoms with Gasteiger partial charge in [0.2, 0.25) is 5.91 Å². The van der Waals surface area contributed by atoms with E-state index in [1.165, 1.54) is 0 Å². The Balaban J connectivity index is 1.51. The Labute approximate surface area is 208 Å². The highest BCUT2D eigenvalue weighted by Gasteiger charge is 2.35. The third-order valence-corrected chi connectivity index (χ3v) is 7.13. The van der Waals surface area contributed by atoms with Crippen molar-refractivity contribution in [1.82, 2.24) is 4.90 Å². The van der Waals surface area contributed by atoms with Gasteiger partial charge in [0.05, 0.1) is 11.3 Å². The number of carbonyl (C=O) groups is 2. The topological polar surface area (TPSA) is 69.6 Å². The SMILES string of the molecule is O=C1Nc2ccccc2C(=O)N(Cc2ccccc2Sc2ccc(O)cc2)C1Cc1ccccc1. The fraction of sp³-hybridized carbons (Fsp3) is 0.103. The van der Waals surface area contributed by atoms with E-state index >= 15 is 0 Å². The number of nitrogens with zero attached hydrogens (tertiary/aromatic N) is 1. The maximum absolute atomic E-state index is 13.8. The molecule has 0 aliphatic carbocycles. The Morgan fingerprint density at radius 1 is 0.800 bits per heavy atom. The van der Waals surface area contributed by atoms with Gasteiger partial charge in [-0.15, -0.1) is 0 Å². The molecule has 0 saturated heterocycles. The fourth-order valence-corrected chi connectivity index (χ4v) is 5.15. The molecule has 0 saturated carbocycles. The largest absolute Gasteiger partial charge is 0.508 e. The summed E-state index contributed by atoms with van der Waals surface area (Å²) in [6, 6.07) is 31.2. The Bertz CT molecular complexity index is 1360. The number of aromatic hydroxyl groups is 1. The Kier molecular flexibility index (Phi) is 6.55. The molecule has 0 aromatic heterocycles. The lowest BCUT2D eigenvalue weighted by Crippen LogP contribution is -2.46. The highest BCUT2D eigenvalue weighted by Crippen LogP contribution is 2.33. The van der Waals surface area contributed by atoms with Gasteiger partial charge in [-0.25, -0.2) is 0 Å². The predicted molar refractivity (Wildman–Crippen MR) is 138 cm³/mol. The number of fused-ring (bicyclic) bond motifs is 1. The normalized spacial score (nSPS) is 15.3. The van der Waals surface area contributed by atoms with Gasteiger partial charge in [0, 0.05) is 22.8 Å². The number of hydrogen-bond donors (Lipinski definition) is 2. The number of benzene rings is 4. The van der Waals surface area contributed by atoms with E-state index < -0.39 is 6.04 Å². The number of amides is 2. The van der Waals surface area contributed by atoms with Gasteiger partial charge >= 0.3 is 0 Å². The molecule has 4 aromatic carbocycles. The number of hydrogen-bond acceptors (Lipinski definition) is 4. The van der Waals surface area contributed by atoms with Gasteiger partial charge in [-0.1, -0.05) is 72.4 Å². The molecule has 0 radical (unpaired) electrons. The van der Waals surface area contributed by atoms with Crippen molar-refractivity contribution in [1.29, 1.82) is 0 Å². The number of nitrogens with one attached hydrogen (secondary N) is 1. The average molecular weight is 481 g/mol. The smallest absolute Gasteiger partial charge is 0.256 e. The Morgan fingerprint density at radius 2 is 1.49 bits per heavy atom. The van der Waals surface area contributed by atoms with Crippen molar-refractivity contribution in [2.45, 2.75) is 28.8 Å². The van der Waals surface area contributed by atoms with E-state index in [2.05, 4.69) is 5.32 Å². The van der Waals surface area contributed by atoms with Gasteiger partial charge in [-0.2, -0.15) is 0 Å². The fourth-order valence-electron chi connectivity index (χ4n) is 4.21. The van der Waals surface area contributed by atoms with Crippen LogP contribution >= 0.6 is 11.8 Å². The van der Waals surface area contributed by atoms with Crippen LogP contribution in [0, 0.1) is 0 Å². The second kappa shape index (κ2) is 10.1. The van der Waals surface area contributed by atoms with Crippen molar-refractivity contribution in [3.05, 3.63) is 120 Å². The molecular formula is C29H24N2O3S. The summed E-state index contributed by atoms with van der Waals surface area (Å²) in [5, 5.41) is 12.6. The zero-order valence-corrected chi connectivity index (χ0v) is 19.7. The molecule has 1 atom stereocenters. The van der Waals surface area contributed by atoms with Crippen LogP contribution in [-0.2, 0) is 17.8 Å². The predicted octanol–water partition coefficient (Wildman–Crippen LogP) is 5.75. The summed E-state index contributed by atoms with van der Waals surface area (Å²) in [7, 11) is 0. The van der Waals surface area contributed by atoms with E-state index in [4.69, 9.17) is 0 Å². The summed E-state index contributed by atoms with van der Waals surface area (Å²) in [4.78, 5) is 30.8. The molecule has 5 nitrogen and oxygen atoms in total. The minimum Gasteiger partial charge on any atom is -0.508 e. The molecule has 5 rings (SSSR count). The van der Waals surface area contributed by atoms with E-state index in [-0.39, 0.29) is 17.6 Å². The van der Waals surface area contributed by atoms with Crippen molar-refractivity contribution in [2.24, 2.45) is 0 Å². The number of phenols is 1. The summed E-state index contributed by atoms with van der Waals surface area (Å²) in [5.41, 5.74) is 2.96. The van der Waals surface area contributed by atoms with E-state index in [0.29, 0.717) is 24.2 Å². The molecule has 2 amide bonds. The lowest BCUT2D eigenvalue weighted by atomic mass is 10.0. The summed E-state index contributed by atoms with van der Waals surface area (Å²) >= 11 is 1.56. The molecule has 1 aliphatic rings. The maximum Gasteiger partial charge on any atom is 0.256 e. The maximum atomic E-state index is 13.8. The zero-order chi connectivity index (χ0) is 24.2. The minimum absolute atomic E-state index is 0.177. The first kappa shape index (κ1) is 22.7. The van der Waals surface area contributed by atoms with Crippen LogP contribution in [0.15, 0.2) is 113 Å². The third kappa shape index (κ3) is 5.08. The van der Waals surface area contributed by atoms with E-state index in [1.807, 2.05) is 78.9 Å². The number of carbonyl (C=O) groups excluding carboxylic acids is 2. The summed E-state index contributed by atoms with van der Waals surface area (Å²) in [6.07, 6.45) is 0.416. The molecule has 35 heavy (non-hydrogen) atoms. The molecule has 0 spiro atoms. The minimum atomic E-state index is -0.663. The summed E-state index contributed by atoms with van der Waals surface area (Å²) in [5.74, 6) is -0.161. The van der Waals surface area contributed by atoms with Gasteiger partial charge < -0.3 is 15.3 Å². The average Bonchev–Trinajstić information content (AvgIpc) is 2.97. The van der Waals surface area contributed by atoms with Crippen LogP contribution in [0.2, 0.25) is 0 Å². The van der Waals surface area contributed by atoms with Crippen LogP contribution in [0.4, 0.5) is 5.69 Å². The van der Waals surface area contributed by atoms with Crippen LogP contribution in [0.25, 0.3) is 0 Å². The van der Waals surface area contributed by atoms with Gasteiger partial charge in [0.1, 0.15) is 11.8 Å². The molecule has 1 heterocycles. The first-order valence-corrected chi connectivity index (χ1v) is 12.2. The van der Waals surface area contributed by atoms with Crippen molar-refractivity contribution in [3.63, 3.8) is 0 Å². The highest BCUT2D eigenvalue weighted by atomic mass is 32.2. The highest BCUT2D eigenvalue weighted by molar-refractivity contribution is 7.99. The van der Waals surface area contributed by atoms with Crippen LogP contribution in [0.3, 0.4) is 0 Å². The molecule has 0 bridgehead atoms. The van der Waals surface area contributed by atoms with E-state index in [0.717, 1.165) is 20.9 Å². The quantitative estimate of drug-likeness (QED) is 0.369. The van der Waals surface area contributed by atoms with Crippen molar-refractivity contribution in [3.8, 4) is 5.75 Å². The third-order valence-electron chi connectivity index (χ3n) is 6.00. The van der Waals surface area contributed by atoms with E-state index in [1.54, 1.807) is 40.9 Å². The monoisotopic (exact) mass is 480 g/mol. The Morgan fingerprint density at radius 3 is 2.29 bits per heavy atom. The number of rotatable bonds is 6. The van der Waals surface area contributed by atoms with Crippen molar-refractivity contribution in [2.75, 3.05) is 5.32 Å². The second-order valence-corrected chi connectivity index (χ2v) is 9.49. The van der Waals surface area contributed by atoms with Crippen molar-refractivity contribution < 1.29 is 14.7 Å². The lowest BCUT2D eigenvalue weighted by Gasteiger charge is -2.29. The molecule has 1 unspecified atom stereocenters. The molecule has 174 valence electrons. The Hall–Kier alpha value is -4.03. The van der Waals surface area contributed by atoms with Crippen LogP contribution in [0.1, 0.15) is 21.5 Å². The molecule has 4 aromatic rings. The number of anilines is 1. The van der Waals surface area contributed by atoms with E-state index in [9.17, 15) is 14.7 Å².